The maximum atomic E-state index is 5.96. The zero-order chi connectivity index (χ0) is 16.7. The molecule has 0 aromatic carbocycles. The second kappa shape index (κ2) is 14.5. The molecule has 0 aromatic rings. The molecule has 0 fully saturated rings. The van der Waals surface area contributed by atoms with E-state index in [9.17, 15) is 0 Å². The first-order valence-electron chi connectivity index (χ1n) is 9.50. The van der Waals surface area contributed by atoms with Gasteiger partial charge in [0.25, 0.3) is 0 Å². The van der Waals surface area contributed by atoms with Crippen molar-refractivity contribution in [3.63, 3.8) is 0 Å². The van der Waals surface area contributed by atoms with Crippen molar-refractivity contribution in [3.8, 4) is 0 Å². The van der Waals surface area contributed by atoms with E-state index in [1.807, 2.05) is 13.8 Å². The highest BCUT2D eigenvalue weighted by Crippen LogP contribution is 2.29. The third-order valence-electron chi connectivity index (χ3n) is 4.18. The van der Waals surface area contributed by atoms with Gasteiger partial charge in [-0.2, -0.15) is 0 Å². The minimum Gasteiger partial charge on any atom is -0.381 e. The van der Waals surface area contributed by atoms with Gasteiger partial charge < -0.3 is 14.2 Å². The molecule has 134 valence electrons. The molecule has 0 amide bonds. The predicted molar refractivity (Wildman–Crippen MR) is 94.3 cm³/mol. The summed E-state index contributed by atoms with van der Waals surface area (Å²) in [6.07, 6.45) is 10.1. The molecule has 0 saturated heterocycles. The number of hydrogen-bond acceptors (Lipinski definition) is 3. The maximum absolute atomic E-state index is 5.96. The third-order valence-corrected chi connectivity index (χ3v) is 4.18. The number of unbranched alkanes of at least 4 members (excludes halogenated alkanes) is 5. The summed E-state index contributed by atoms with van der Waals surface area (Å²) >= 11 is 0. The zero-order valence-corrected chi connectivity index (χ0v) is 15.8. The van der Waals surface area contributed by atoms with Crippen molar-refractivity contribution >= 4 is 0 Å². The summed E-state index contributed by atoms with van der Waals surface area (Å²) in [6, 6.07) is 0. The molecule has 3 nitrogen and oxygen atoms in total. The van der Waals surface area contributed by atoms with Gasteiger partial charge in [0.1, 0.15) is 0 Å². The molecule has 0 spiro atoms. The van der Waals surface area contributed by atoms with Crippen LogP contribution in [0.25, 0.3) is 0 Å². The molecular weight excluding hydrogens is 276 g/mol. The third kappa shape index (κ3) is 9.81. The molecule has 0 aliphatic heterocycles. The van der Waals surface area contributed by atoms with Gasteiger partial charge in [-0.1, -0.05) is 52.4 Å². The van der Waals surface area contributed by atoms with Gasteiger partial charge in [-0.3, -0.25) is 0 Å². The van der Waals surface area contributed by atoms with Gasteiger partial charge in [-0.15, -0.1) is 0 Å². The molecule has 0 N–H and O–H groups in total. The van der Waals surface area contributed by atoms with Crippen molar-refractivity contribution in [2.75, 3.05) is 26.4 Å². The molecule has 0 aliphatic carbocycles. The zero-order valence-electron chi connectivity index (χ0n) is 15.8. The van der Waals surface area contributed by atoms with Crippen molar-refractivity contribution in [1.29, 1.82) is 0 Å². The minimum atomic E-state index is -0.513. The van der Waals surface area contributed by atoms with E-state index in [1.54, 1.807) is 0 Å². The van der Waals surface area contributed by atoms with Crippen LogP contribution in [-0.4, -0.2) is 32.2 Å². The molecule has 1 atom stereocenters. The maximum Gasteiger partial charge on any atom is 0.170 e. The van der Waals surface area contributed by atoms with E-state index in [-0.39, 0.29) is 0 Å². The average Bonchev–Trinajstić information content (AvgIpc) is 2.49. The Morgan fingerprint density at radius 3 is 1.91 bits per heavy atom. The summed E-state index contributed by atoms with van der Waals surface area (Å²) in [6.45, 7) is 13.5. The van der Waals surface area contributed by atoms with Crippen LogP contribution in [0.2, 0.25) is 0 Å². The van der Waals surface area contributed by atoms with Crippen molar-refractivity contribution < 1.29 is 14.2 Å². The Bertz CT molecular complexity index is 225. The van der Waals surface area contributed by atoms with Crippen LogP contribution >= 0.6 is 0 Å². The van der Waals surface area contributed by atoms with Crippen LogP contribution in [0.5, 0.6) is 0 Å². The van der Waals surface area contributed by atoms with Crippen molar-refractivity contribution in [2.45, 2.75) is 91.8 Å². The van der Waals surface area contributed by atoms with E-state index in [4.69, 9.17) is 14.2 Å². The van der Waals surface area contributed by atoms with Gasteiger partial charge >= 0.3 is 0 Å². The van der Waals surface area contributed by atoms with Gasteiger partial charge in [0.15, 0.2) is 5.79 Å². The monoisotopic (exact) mass is 316 g/mol. The fourth-order valence-electron chi connectivity index (χ4n) is 2.89. The SMILES string of the molecule is CCCCCCCCC(COCCC)C(C)(OCC)OCC. The Hall–Kier alpha value is -0.120. The standard InChI is InChI=1S/C19H40O3/c1-6-10-11-12-13-14-15-18(17-20-16-7-2)19(5,21-8-3)22-9-4/h18H,6-17H2,1-5H3. The number of hydrogen-bond donors (Lipinski definition) is 0. The molecule has 0 radical (unpaired) electrons. The van der Waals surface area contributed by atoms with Crippen molar-refractivity contribution in [2.24, 2.45) is 5.92 Å². The Balaban J connectivity index is 4.37. The molecule has 0 aromatic heterocycles. The second-order valence-corrected chi connectivity index (χ2v) is 6.21. The fraction of sp³-hybridized carbons (Fsp3) is 1.00. The Labute approximate surface area is 139 Å². The predicted octanol–water partition coefficient (Wildman–Crippen LogP) is 5.57. The first-order chi connectivity index (χ1) is 10.6. The fourth-order valence-corrected chi connectivity index (χ4v) is 2.89. The Kier molecular flexibility index (Phi) is 14.4. The molecule has 0 heterocycles. The molecule has 1 unspecified atom stereocenters. The highest BCUT2D eigenvalue weighted by atomic mass is 16.7. The number of ether oxygens (including phenoxy) is 3. The van der Waals surface area contributed by atoms with E-state index >= 15 is 0 Å². The van der Waals surface area contributed by atoms with Gasteiger partial charge in [0, 0.05) is 25.7 Å². The average molecular weight is 317 g/mol. The molecule has 22 heavy (non-hydrogen) atoms. The number of rotatable bonds is 16. The summed E-state index contributed by atoms with van der Waals surface area (Å²) in [4.78, 5) is 0. The van der Waals surface area contributed by atoms with Crippen molar-refractivity contribution in [1.82, 2.24) is 0 Å². The smallest absolute Gasteiger partial charge is 0.170 e. The second-order valence-electron chi connectivity index (χ2n) is 6.21. The lowest BCUT2D eigenvalue weighted by atomic mass is 9.93. The van der Waals surface area contributed by atoms with Gasteiger partial charge in [-0.05, 0) is 33.6 Å². The molecule has 0 aliphatic rings. The molecule has 0 rings (SSSR count). The van der Waals surface area contributed by atoms with Crippen LogP contribution in [0.3, 0.4) is 0 Å². The topological polar surface area (TPSA) is 27.7 Å². The van der Waals surface area contributed by atoms with Crippen LogP contribution in [-0.2, 0) is 14.2 Å². The first-order valence-corrected chi connectivity index (χ1v) is 9.50. The largest absolute Gasteiger partial charge is 0.381 e. The highest BCUT2D eigenvalue weighted by Gasteiger charge is 2.35. The van der Waals surface area contributed by atoms with E-state index in [0.29, 0.717) is 19.1 Å². The molecule has 0 bridgehead atoms. The van der Waals surface area contributed by atoms with E-state index in [0.717, 1.165) is 26.1 Å². The summed E-state index contributed by atoms with van der Waals surface area (Å²) in [7, 11) is 0. The van der Waals surface area contributed by atoms with E-state index in [1.165, 1.54) is 38.5 Å². The normalized spacial score (nSPS) is 13.5. The van der Waals surface area contributed by atoms with Gasteiger partial charge in [-0.25, -0.2) is 0 Å². The van der Waals surface area contributed by atoms with E-state index < -0.39 is 5.79 Å². The molecule has 3 heteroatoms. The first kappa shape index (κ1) is 21.9. The van der Waals surface area contributed by atoms with E-state index in [2.05, 4.69) is 20.8 Å². The lowest BCUT2D eigenvalue weighted by Gasteiger charge is -2.37. The lowest BCUT2D eigenvalue weighted by Crippen LogP contribution is -2.43. The quantitative estimate of drug-likeness (QED) is 0.275. The van der Waals surface area contributed by atoms with Crippen LogP contribution < -0.4 is 0 Å². The van der Waals surface area contributed by atoms with Crippen LogP contribution in [0.15, 0.2) is 0 Å². The Morgan fingerprint density at radius 2 is 1.36 bits per heavy atom. The van der Waals surface area contributed by atoms with Crippen LogP contribution in [0.4, 0.5) is 0 Å². The Morgan fingerprint density at radius 1 is 0.773 bits per heavy atom. The van der Waals surface area contributed by atoms with Crippen LogP contribution in [0, 0.1) is 5.92 Å². The minimum absolute atomic E-state index is 0.310. The highest BCUT2D eigenvalue weighted by molar-refractivity contribution is 4.76. The molecular formula is C19H40O3. The lowest BCUT2D eigenvalue weighted by molar-refractivity contribution is -0.260. The summed E-state index contributed by atoms with van der Waals surface area (Å²) < 4.78 is 17.7. The van der Waals surface area contributed by atoms with Crippen LogP contribution in [0.1, 0.15) is 86.0 Å². The summed E-state index contributed by atoms with van der Waals surface area (Å²) in [5.74, 6) is -0.203. The summed E-state index contributed by atoms with van der Waals surface area (Å²) in [5, 5.41) is 0. The van der Waals surface area contributed by atoms with Crippen molar-refractivity contribution in [3.05, 3.63) is 0 Å². The summed E-state index contributed by atoms with van der Waals surface area (Å²) in [5.41, 5.74) is 0. The van der Waals surface area contributed by atoms with Gasteiger partial charge in [0.05, 0.1) is 6.61 Å². The van der Waals surface area contributed by atoms with Gasteiger partial charge in [0.2, 0.25) is 0 Å². The molecule has 0 saturated carbocycles.